The van der Waals surface area contributed by atoms with Gasteiger partial charge in [0, 0.05) is 23.3 Å². The highest BCUT2D eigenvalue weighted by Crippen LogP contribution is 2.29. The number of esters is 1. The predicted octanol–water partition coefficient (Wildman–Crippen LogP) is 1.70. The molecule has 1 aromatic carbocycles. The Hall–Kier alpha value is -2.30. The average Bonchev–Trinajstić information content (AvgIpc) is 2.43. The lowest BCUT2D eigenvalue weighted by Crippen LogP contribution is -1.97. The summed E-state index contributed by atoms with van der Waals surface area (Å²) < 4.78 is 14.7. The molecular weight excluding hydrogens is 236 g/mol. The molecular formula is C13H14O5. The van der Waals surface area contributed by atoms with E-state index in [0.717, 1.165) is 0 Å². The number of ether oxygens (including phenoxy) is 3. The fraction of sp³-hybridized carbons (Fsp3) is 0.231. The number of rotatable bonds is 5. The van der Waals surface area contributed by atoms with Crippen LogP contribution in [0, 0.1) is 0 Å². The highest BCUT2D eigenvalue weighted by molar-refractivity contribution is 5.91. The fourth-order valence-corrected chi connectivity index (χ4v) is 1.40. The van der Waals surface area contributed by atoms with E-state index in [2.05, 4.69) is 4.74 Å². The predicted molar refractivity (Wildman–Crippen MR) is 66.0 cm³/mol. The number of carbonyl (C=O) groups is 2. The van der Waals surface area contributed by atoms with Crippen LogP contribution in [-0.2, 0) is 9.53 Å². The van der Waals surface area contributed by atoms with Gasteiger partial charge in [0.15, 0.2) is 6.29 Å². The van der Waals surface area contributed by atoms with Crippen LogP contribution in [0.3, 0.4) is 0 Å². The van der Waals surface area contributed by atoms with Gasteiger partial charge in [-0.15, -0.1) is 0 Å². The highest BCUT2D eigenvalue weighted by atomic mass is 16.5. The Bertz CT molecular complexity index is 477. The molecule has 0 bridgehead atoms. The molecule has 0 spiro atoms. The van der Waals surface area contributed by atoms with E-state index >= 15 is 0 Å². The van der Waals surface area contributed by atoms with E-state index in [1.54, 1.807) is 12.1 Å². The molecule has 18 heavy (non-hydrogen) atoms. The van der Waals surface area contributed by atoms with Gasteiger partial charge in [0.25, 0.3) is 0 Å². The van der Waals surface area contributed by atoms with Gasteiger partial charge in [-0.2, -0.15) is 0 Å². The molecule has 0 N–H and O–H groups in total. The summed E-state index contributed by atoms with van der Waals surface area (Å²) in [5, 5.41) is 0. The first kappa shape index (κ1) is 13.8. The van der Waals surface area contributed by atoms with Crippen LogP contribution in [0.5, 0.6) is 11.5 Å². The summed E-state index contributed by atoms with van der Waals surface area (Å²) in [5.74, 6) is 0.436. The first-order valence-corrected chi connectivity index (χ1v) is 5.13. The Kier molecular flexibility index (Phi) is 4.92. The molecule has 0 saturated carbocycles. The molecule has 1 aromatic rings. The molecule has 0 aliphatic heterocycles. The lowest BCUT2D eigenvalue weighted by molar-refractivity contribution is -0.134. The normalized spacial score (nSPS) is 10.2. The zero-order valence-electron chi connectivity index (χ0n) is 10.4. The summed E-state index contributed by atoms with van der Waals surface area (Å²) in [7, 11) is 4.24. The smallest absolute Gasteiger partial charge is 0.330 e. The first-order chi connectivity index (χ1) is 8.65. The van der Waals surface area contributed by atoms with Gasteiger partial charge < -0.3 is 14.2 Å². The van der Waals surface area contributed by atoms with E-state index in [1.165, 1.54) is 33.5 Å². The van der Waals surface area contributed by atoms with E-state index in [4.69, 9.17) is 9.47 Å². The molecule has 0 heterocycles. The van der Waals surface area contributed by atoms with Crippen molar-refractivity contribution in [2.45, 2.75) is 0 Å². The number of benzene rings is 1. The van der Waals surface area contributed by atoms with Gasteiger partial charge in [-0.1, -0.05) is 0 Å². The molecule has 0 amide bonds. The molecule has 0 atom stereocenters. The summed E-state index contributed by atoms with van der Waals surface area (Å²) >= 11 is 0. The maximum atomic E-state index is 11.0. The third-order valence-electron chi connectivity index (χ3n) is 2.32. The summed E-state index contributed by atoms with van der Waals surface area (Å²) in [5.41, 5.74) is 0.866. The molecule has 0 saturated heterocycles. The van der Waals surface area contributed by atoms with Crippen molar-refractivity contribution in [3.05, 3.63) is 29.3 Å². The van der Waals surface area contributed by atoms with Crippen LogP contribution in [0.1, 0.15) is 15.9 Å². The van der Waals surface area contributed by atoms with E-state index < -0.39 is 5.97 Å². The van der Waals surface area contributed by atoms with Gasteiger partial charge in [-0.25, -0.2) is 4.79 Å². The van der Waals surface area contributed by atoms with Crippen LogP contribution in [0.15, 0.2) is 18.2 Å². The van der Waals surface area contributed by atoms with Crippen LogP contribution in [0.4, 0.5) is 0 Å². The summed E-state index contributed by atoms with van der Waals surface area (Å²) in [4.78, 5) is 22.1. The van der Waals surface area contributed by atoms with E-state index in [1.807, 2.05) is 0 Å². The largest absolute Gasteiger partial charge is 0.497 e. The van der Waals surface area contributed by atoms with Crippen molar-refractivity contribution in [1.82, 2.24) is 0 Å². The Morgan fingerprint density at radius 2 is 1.89 bits per heavy atom. The zero-order valence-corrected chi connectivity index (χ0v) is 10.4. The van der Waals surface area contributed by atoms with Crippen LogP contribution >= 0.6 is 0 Å². The van der Waals surface area contributed by atoms with Gasteiger partial charge in [0.1, 0.15) is 11.5 Å². The Balaban J connectivity index is 3.27. The van der Waals surface area contributed by atoms with Gasteiger partial charge in [-0.05, 0) is 12.1 Å². The number of aldehydes is 1. The van der Waals surface area contributed by atoms with E-state index in [-0.39, 0.29) is 0 Å². The molecule has 0 fully saturated rings. The summed E-state index contributed by atoms with van der Waals surface area (Å²) in [6, 6.07) is 3.19. The van der Waals surface area contributed by atoms with Gasteiger partial charge in [0.2, 0.25) is 0 Å². The summed E-state index contributed by atoms with van der Waals surface area (Å²) in [6.45, 7) is 0. The molecule has 96 valence electrons. The second-order valence-electron chi connectivity index (χ2n) is 3.31. The maximum Gasteiger partial charge on any atom is 0.330 e. The number of carbonyl (C=O) groups excluding carboxylic acids is 2. The molecule has 5 heteroatoms. The monoisotopic (exact) mass is 250 g/mol. The Morgan fingerprint density at radius 1 is 1.17 bits per heavy atom. The minimum absolute atomic E-state index is 0.367. The molecule has 0 aliphatic rings. The van der Waals surface area contributed by atoms with E-state index in [0.29, 0.717) is 28.9 Å². The number of hydrogen-bond donors (Lipinski definition) is 0. The lowest BCUT2D eigenvalue weighted by Gasteiger charge is -2.10. The second kappa shape index (κ2) is 6.44. The van der Waals surface area contributed by atoms with Crippen molar-refractivity contribution in [2.75, 3.05) is 21.3 Å². The minimum Gasteiger partial charge on any atom is -0.497 e. The third kappa shape index (κ3) is 3.10. The zero-order chi connectivity index (χ0) is 13.5. The minimum atomic E-state index is -0.510. The molecule has 1 rings (SSSR count). The summed E-state index contributed by atoms with van der Waals surface area (Å²) in [6.07, 6.45) is 3.35. The van der Waals surface area contributed by atoms with Crippen molar-refractivity contribution in [1.29, 1.82) is 0 Å². The Labute approximate surface area is 105 Å². The standard InChI is InChI=1S/C13H14O5/c1-16-10-6-9(8-14)11(12(7-10)17-2)4-5-13(15)18-3/h4-8H,1-3H3/b5-4+. The number of hydrogen-bond acceptors (Lipinski definition) is 5. The van der Waals surface area contributed by atoms with Crippen molar-refractivity contribution in [2.24, 2.45) is 0 Å². The first-order valence-electron chi connectivity index (χ1n) is 5.13. The lowest BCUT2D eigenvalue weighted by atomic mass is 10.1. The molecule has 5 nitrogen and oxygen atoms in total. The topological polar surface area (TPSA) is 61.8 Å². The van der Waals surface area contributed by atoms with Crippen molar-refractivity contribution >= 4 is 18.3 Å². The molecule has 0 radical (unpaired) electrons. The van der Waals surface area contributed by atoms with Crippen molar-refractivity contribution in [3.8, 4) is 11.5 Å². The third-order valence-corrected chi connectivity index (χ3v) is 2.32. The molecule has 0 unspecified atom stereocenters. The quantitative estimate of drug-likeness (QED) is 0.452. The van der Waals surface area contributed by atoms with Crippen LogP contribution < -0.4 is 9.47 Å². The Morgan fingerprint density at radius 3 is 2.39 bits per heavy atom. The SMILES string of the molecule is COC(=O)/C=C/c1c(C=O)cc(OC)cc1OC. The highest BCUT2D eigenvalue weighted by Gasteiger charge is 2.10. The van der Waals surface area contributed by atoms with Crippen LogP contribution in [0.25, 0.3) is 6.08 Å². The molecule has 0 aliphatic carbocycles. The molecule has 0 aromatic heterocycles. The van der Waals surface area contributed by atoms with E-state index in [9.17, 15) is 9.59 Å². The van der Waals surface area contributed by atoms with Gasteiger partial charge >= 0.3 is 5.97 Å². The maximum absolute atomic E-state index is 11.0. The van der Waals surface area contributed by atoms with Gasteiger partial charge in [-0.3, -0.25) is 4.79 Å². The number of methoxy groups -OCH3 is 3. The van der Waals surface area contributed by atoms with Crippen LogP contribution in [0.2, 0.25) is 0 Å². The average molecular weight is 250 g/mol. The van der Waals surface area contributed by atoms with Crippen LogP contribution in [-0.4, -0.2) is 33.6 Å². The second-order valence-corrected chi connectivity index (χ2v) is 3.31. The fourth-order valence-electron chi connectivity index (χ4n) is 1.40. The van der Waals surface area contributed by atoms with Crippen molar-refractivity contribution < 1.29 is 23.8 Å². The van der Waals surface area contributed by atoms with Gasteiger partial charge in [0.05, 0.1) is 21.3 Å². The van der Waals surface area contributed by atoms with Crippen molar-refractivity contribution in [3.63, 3.8) is 0 Å².